The summed E-state index contributed by atoms with van der Waals surface area (Å²) in [6.45, 7) is 7.97. The van der Waals surface area contributed by atoms with Crippen molar-refractivity contribution in [3.05, 3.63) is 120 Å². The molecule has 3 heterocycles. The van der Waals surface area contributed by atoms with Crippen LogP contribution in [0.2, 0.25) is 25.7 Å². The van der Waals surface area contributed by atoms with Crippen molar-refractivity contribution in [2.45, 2.75) is 32.4 Å². The summed E-state index contributed by atoms with van der Waals surface area (Å²) in [6.07, 6.45) is 6.59. The van der Waals surface area contributed by atoms with Crippen LogP contribution in [0.4, 0.5) is 5.82 Å². The minimum atomic E-state index is -1.20. The zero-order valence-corrected chi connectivity index (χ0v) is 23.4. The highest BCUT2D eigenvalue weighted by Crippen LogP contribution is 2.24. The van der Waals surface area contributed by atoms with E-state index in [-0.39, 0.29) is 5.78 Å². The summed E-state index contributed by atoms with van der Waals surface area (Å²) < 4.78 is 7.82. The topological polar surface area (TPSA) is 82.3 Å². The van der Waals surface area contributed by atoms with Crippen LogP contribution in [0.15, 0.2) is 103 Å². The molecule has 0 aliphatic rings. The van der Waals surface area contributed by atoms with Gasteiger partial charge in [-0.1, -0.05) is 80.3 Å². The highest BCUT2D eigenvalue weighted by molar-refractivity contribution is 6.76. The number of aromatic nitrogens is 4. The third kappa shape index (κ3) is 6.42. The van der Waals surface area contributed by atoms with Gasteiger partial charge in [-0.3, -0.25) is 4.79 Å². The smallest absolute Gasteiger partial charge is 0.195 e. The summed E-state index contributed by atoms with van der Waals surface area (Å²) in [7, 11) is -1.20. The van der Waals surface area contributed by atoms with E-state index in [4.69, 9.17) is 9.73 Å². The van der Waals surface area contributed by atoms with Gasteiger partial charge in [-0.05, 0) is 18.2 Å². The van der Waals surface area contributed by atoms with Crippen molar-refractivity contribution >= 4 is 36.4 Å². The average molecular weight is 534 g/mol. The van der Waals surface area contributed by atoms with Crippen molar-refractivity contribution < 1.29 is 9.53 Å². The molecule has 0 fully saturated rings. The second-order valence-corrected chi connectivity index (χ2v) is 16.2. The minimum absolute atomic E-state index is 0.143. The number of aliphatic imine (C=N–C) groups is 1. The average Bonchev–Trinajstić information content (AvgIpc) is 3.33. The zero-order valence-electron chi connectivity index (χ0n) is 22.4. The van der Waals surface area contributed by atoms with Crippen molar-refractivity contribution in [2.24, 2.45) is 4.99 Å². The van der Waals surface area contributed by atoms with Gasteiger partial charge in [-0.15, -0.1) is 0 Å². The maximum absolute atomic E-state index is 13.7. The Hall–Kier alpha value is -4.27. The lowest BCUT2D eigenvalue weighted by molar-refractivity contribution is 0.0896. The Morgan fingerprint density at radius 2 is 1.62 bits per heavy atom. The highest BCUT2D eigenvalue weighted by Gasteiger charge is 2.19. The number of carbonyl (C=O) groups excluding carboxylic acids is 1. The summed E-state index contributed by atoms with van der Waals surface area (Å²) in [6, 6.07) is 24.4. The number of ether oxygens (including phenoxy) is 1. The van der Waals surface area contributed by atoms with Crippen molar-refractivity contribution in [1.82, 2.24) is 19.5 Å². The molecule has 196 valence electrons. The monoisotopic (exact) mass is 533 g/mol. The molecule has 5 rings (SSSR count). The van der Waals surface area contributed by atoms with Gasteiger partial charge in [0.1, 0.15) is 18.7 Å². The number of ketones is 1. The number of carbonyl (C=O) groups is 1. The number of fused-ring (bicyclic) bond motifs is 1. The molecule has 39 heavy (non-hydrogen) atoms. The number of hydrogen-bond donors (Lipinski definition) is 0. The van der Waals surface area contributed by atoms with Crippen LogP contribution in [0.3, 0.4) is 0 Å². The Bertz CT molecular complexity index is 1570. The maximum atomic E-state index is 13.7. The third-order valence-electron chi connectivity index (χ3n) is 6.34. The fourth-order valence-corrected chi connectivity index (χ4v) is 4.98. The Kier molecular flexibility index (Phi) is 7.86. The standard InChI is InChI=1S/C31H31N5O2Si/c1-39(2,3)17-16-38-22-36-20-27(26-19-32-21-34-31(26)36)30(37)25-14-15-33-28(18-25)35-29(23-10-6-4-7-11-23)24-12-8-5-9-13-24/h4-15,18-21H,16-17,22H2,1-3H3. The number of benzene rings is 2. The SMILES string of the molecule is C[Si](C)(C)CCOCn1cc(C(=O)c2ccnc(N=C(c3ccccc3)c3ccccc3)c2)c2cncnc21. The molecule has 3 aromatic heterocycles. The molecule has 8 heteroatoms. The summed E-state index contributed by atoms with van der Waals surface area (Å²) in [5.74, 6) is 0.314. The first-order valence-electron chi connectivity index (χ1n) is 13.0. The van der Waals surface area contributed by atoms with Gasteiger partial charge >= 0.3 is 0 Å². The molecular formula is C31H31N5O2Si. The van der Waals surface area contributed by atoms with E-state index in [2.05, 4.69) is 34.6 Å². The van der Waals surface area contributed by atoms with Gasteiger partial charge in [0.2, 0.25) is 0 Å². The van der Waals surface area contributed by atoms with Crippen LogP contribution < -0.4 is 0 Å². The molecule has 0 bridgehead atoms. The highest BCUT2D eigenvalue weighted by atomic mass is 28.3. The summed E-state index contributed by atoms with van der Waals surface area (Å²) >= 11 is 0. The number of pyridine rings is 1. The Labute approximate surface area is 229 Å². The van der Waals surface area contributed by atoms with Gasteiger partial charge in [0.25, 0.3) is 0 Å². The van der Waals surface area contributed by atoms with Crippen LogP contribution in [0, 0.1) is 0 Å². The number of hydrogen-bond acceptors (Lipinski definition) is 6. The normalized spacial score (nSPS) is 11.5. The predicted molar refractivity (Wildman–Crippen MR) is 157 cm³/mol. The predicted octanol–water partition coefficient (Wildman–Crippen LogP) is 6.54. The van der Waals surface area contributed by atoms with Gasteiger partial charge in [-0.25, -0.2) is 19.9 Å². The Morgan fingerprint density at radius 1 is 0.923 bits per heavy atom. The number of rotatable bonds is 10. The third-order valence-corrected chi connectivity index (χ3v) is 8.04. The Morgan fingerprint density at radius 3 is 2.28 bits per heavy atom. The Balaban J connectivity index is 1.46. The second kappa shape index (κ2) is 11.6. The molecule has 0 saturated carbocycles. The van der Waals surface area contributed by atoms with E-state index >= 15 is 0 Å². The van der Waals surface area contributed by atoms with Crippen molar-refractivity contribution in [3.8, 4) is 0 Å². The molecule has 0 amide bonds. The van der Waals surface area contributed by atoms with Gasteiger partial charge in [0.05, 0.1) is 11.3 Å². The first-order valence-corrected chi connectivity index (χ1v) is 16.7. The minimum Gasteiger partial charge on any atom is -0.361 e. The van der Waals surface area contributed by atoms with Gasteiger partial charge < -0.3 is 9.30 Å². The molecule has 0 unspecified atom stereocenters. The molecule has 0 aliphatic carbocycles. The molecule has 7 nitrogen and oxygen atoms in total. The van der Waals surface area contributed by atoms with E-state index in [1.54, 1.807) is 30.7 Å². The molecule has 5 aromatic rings. The molecule has 0 radical (unpaired) electrons. The van der Waals surface area contributed by atoms with E-state index < -0.39 is 8.07 Å². The largest absolute Gasteiger partial charge is 0.361 e. The lowest BCUT2D eigenvalue weighted by Crippen LogP contribution is -2.22. The molecular weight excluding hydrogens is 502 g/mol. The first-order chi connectivity index (χ1) is 18.9. The van der Waals surface area contributed by atoms with Crippen molar-refractivity contribution in [3.63, 3.8) is 0 Å². The van der Waals surface area contributed by atoms with Crippen LogP contribution in [0.5, 0.6) is 0 Å². The van der Waals surface area contributed by atoms with E-state index in [1.165, 1.54) is 6.33 Å². The first kappa shape index (κ1) is 26.3. The van der Waals surface area contributed by atoms with Crippen LogP contribution in [0.1, 0.15) is 27.0 Å². The fraction of sp³-hybridized carbons (Fsp3) is 0.194. The van der Waals surface area contributed by atoms with Crippen LogP contribution in [-0.2, 0) is 11.5 Å². The quantitative estimate of drug-likeness (QED) is 0.0881. The van der Waals surface area contributed by atoms with Crippen LogP contribution >= 0.6 is 0 Å². The van der Waals surface area contributed by atoms with Gasteiger partial charge in [0.15, 0.2) is 11.6 Å². The number of nitrogens with zero attached hydrogens (tertiary/aromatic N) is 5. The zero-order chi connectivity index (χ0) is 27.2. The van der Waals surface area contributed by atoms with E-state index in [9.17, 15) is 4.79 Å². The van der Waals surface area contributed by atoms with E-state index in [0.717, 1.165) is 22.9 Å². The van der Waals surface area contributed by atoms with Crippen molar-refractivity contribution in [2.75, 3.05) is 6.61 Å². The maximum Gasteiger partial charge on any atom is 0.195 e. The van der Waals surface area contributed by atoms with Crippen molar-refractivity contribution in [1.29, 1.82) is 0 Å². The van der Waals surface area contributed by atoms with E-state index in [0.29, 0.717) is 41.3 Å². The molecule has 2 aromatic carbocycles. The molecule has 0 atom stereocenters. The summed E-state index contributed by atoms with van der Waals surface area (Å²) in [5.41, 5.74) is 4.41. The van der Waals surface area contributed by atoms with E-state index in [1.807, 2.05) is 65.2 Å². The summed E-state index contributed by atoms with van der Waals surface area (Å²) in [5, 5.41) is 0.687. The molecule has 0 spiro atoms. The van der Waals surface area contributed by atoms with Crippen LogP contribution in [-0.4, -0.2) is 45.7 Å². The van der Waals surface area contributed by atoms with Gasteiger partial charge in [-0.2, -0.15) is 0 Å². The van der Waals surface area contributed by atoms with Crippen LogP contribution in [0.25, 0.3) is 11.0 Å². The lowest BCUT2D eigenvalue weighted by Gasteiger charge is -2.15. The van der Waals surface area contributed by atoms with Gasteiger partial charge in [0, 0.05) is 55.3 Å². The fourth-order valence-electron chi connectivity index (χ4n) is 4.23. The molecule has 0 N–H and O–H groups in total. The second-order valence-electron chi connectivity index (χ2n) is 10.5. The lowest BCUT2D eigenvalue weighted by atomic mass is 10.0. The molecule has 0 saturated heterocycles. The molecule has 0 aliphatic heterocycles. The summed E-state index contributed by atoms with van der Waals surface area (Å²) in [4.78, 5) is 31.7.